The molecule has 2 aromatic rings. The van der Waals surface area contributed by atoms with Crippen LogP contribution in [-0.4, -0.2) is 12.0 Å². The minimum Gasteiger partial charge on any atom is -0.347 e. The summed E-state index contributed by atoms with van der Waals surface area (Å²) in [4.78, 5) is 8.22. The Morgan fingerprint density at radius 2 is 2.10 bits per heavy atom. The van der Waals surface area contributed by atoms with Crippen LogP contribution >= 0.6 is 27.3 Å². The van der Waals surface area contributed by atoms with E-state index in [0.717, 1.165) is 22.6 Å². The van der Waals surface area contributed by atoms with Gasteiger partial charge in [0.2, 0.25) is 0 Å². The van der Waals surface area contributed by atoms with E-state index < -0.39 is 0 Å². The average Bonchev–Trinajstić information content (AvgIpc) is 2.93. The third-order valence-electron chi connectivity index (χ3n) is 3.67. The van der Waals surface area contributed by atoms with E-state index >= 15 is 0 Å². The SMILES string of the molecule is CCC(C)c1nc(N(C)Cc2ccccc2Br)sc1CN. The molecule has 1 aromatic carbocycles. The normalized spacial score (nSPS) is 12.4. The molecule has 2 rings (SSSR count). The van der Waals surface area contributed by atoms with Gasteiger partial charge in [-0.05, 0) is 24.0 Å². The first-order valence-electron chi connectivity index (χ1n) is 7.21. The van der Waals surface area contributed by atoms with Crippen molar-refractivity contribution < 1.29 is 0 Å². The number of anilines is 1. The van der Waals surface area contributed by atoms with Crippen LogP contribution in [0.1, 0.15) is 42.3 Å². The summed E-state index contributed by atoms with van der Waals surface area (Å²) in [6.07, 6.45) is 1.09. The van der Waals surface area contributed by atoms with E-state index in [1.165, 1.54) is 16.1 Å². The standard InChI is InChI=1S/C16H22BrN3S/c1-4-11(2)15-14(9-18)21-16(19-15)20(3)10-12-7-5-6-8-13(12)17/h5-8,11H,4,9-10,18H2,1-3H3. The van der Waals surface area contributed by atoms with Crippen LogP contribution in [0.2, 0.25) is 0 Å². The lowest BCUT2D eigenvalue weighted by atomic mass is 10.0. The van der Waals surface area contributed by atoms with Gasteiger partial charge in [0.25, 0.3) is 0 Å². The van der Waals surface area contributed by atoms with Crippen LogP contribution in [0, 0.1) is 0 Å². The summed E-state index contributed by atoms with van der Waals surface area (Å²) in [5.74, 6) is 0.463. The largest absolute Gasteiger partial charge is 0.347 e. The molecule has 2 N–H and O–H groups in total. The second kappa shape index (κ2) is 7.38. The van der Waals surface area contributed by atoms with E-state index in [9.17, 15) is 0 Å². The zero-order valence-electron chi connectivity index (χ0n) is 12.8. The Balaban J connectivity index is 2.21. The molecule has 0 bridgehead atoms. The molecule has 0 spiro atoms. The second-order valence-electron chi connectivity index (χ2n) is 5.27. The van der Waals surface area contributed by atoms with Gasteiger partial charge in [0.1, 0.15) is 0 Å². The van der Waals surface area contributed by atoms with Crippen LogP contribution in [-0.2, 0) is 13.1 Å². The van der Waals surface area contributed by atoms with Crippen LogP contribution in [0.4, 0.5) is 5.13 Å². The molecule has 5 heteroatoms. The summed E-state index contributed by atoms with van der Waals surface area (Å²) in [5, 5.41) is 1.04. The number of halogens is 1. The lowest BCUT2D eigenvalue weighted by Gasteiger charge is -2.16. The molecular formula is C16H22BrN3S. The highest BCUT2D eigenvalue weighted by Gasteiger charge is 2.17. The molecule has 1 aromatic heterocycles. The predicted molar refractivity (Wildman–Crippen MR) is 95.0 cm³/mol. The van der Waals surface area contributed by atoms with Crippen LogP contribution in [0.5, 0.6) is 0 Å². The van der Waals surface area contributed by atoms with E-state index in [1.807, 2.05) is 6.07 Å². The zero-order valence-corrected chi connectivity index (χ0v) is 15.2. The van der Waals surface area contributed by atoms with Gasteiger partial charge in [-0.1, -0.05) is 48.0 Å². The fraction of sp³-hybridized carbons (Fsp3) is 0.438. The van der Waals surface area contributed by atoms with Gasteiger partial charge in [-0.2, -0.15) is 0 Å². The number of thiazole rings is 1. The van der Waals surface area contributed by atoms with Crippen molar-refractivity contribution in [2.45, 2.75) is 39.3 Å². The van der Waals surface area contributed by atoms with Crippen molar-refractivity contribution in [1.82, 2.24) is 4.98 Å². The molecule has 1 heterocycles. The summed E-state index contributed by atoms with van der Waals surface area (Å²) in [6, 6.07) is 8.30. The Morgan fingerprint density at radius 3 is 2.71 bits per heavy atom. The molecule has 0 aliphatic rings. The van der Waals surface area contributed by atoms with E-state index in [2.05, 4.69) is 59.9 Å². The number of nitrogens with two attached hydrogens (primary N) is 1. The smallest absolute Gasteiger partial charge is 0.185 e. The molecule has 0 radical (unpaired) electrons. The second-order valence-corrected chi connectivity index (χ2v) is 7.18. The van der Waals surface area contributed by atoms with E-state index in [4.69, 9.17) is 10.7 Å². The topological polar surface area (TPSA) is 42.2 Å². The van der Waals surface area contributed by atoms with Crippen molar-refractivity contribution in [3.63, 3.8) is 0 Å². The van der Waals surface area contributed by atoms with Crippen LogP contribution in [0.3, 0.4) is 0 Å². The molecule has 0 aliphatic carbocycles. The molecule has 0 amide bonds. The monoisotopic (exact) mass is 367 g/mol. The van der Waals surface area contributed by atoms with E-state index in [-0.39, 0.29) is 0 Å². The number of rotatable bonds is 6. The highest BCUT2D eigenvalue weighted by atomic mass is 79.9. The molecule has 3 nitrogen and oxygen atoms in total. The molecule has 0 aliphatic heterocycles. The van der Waals surface area contributed by atoms with Gasteiger partial charge in [0, 0.05) is 29.5 Å². The lowest BCUT2D eigenvalue weighted by molar-refractivity contribution is 0.702. The zero-order chi connectivity index (χ0) is 15.4. The van der Waals surface area contributed by atoms with Crippen molar-refractivity contribution in [2.24, 2.45) is 5.73 Å². The molecular weight excluding hydrogens is 346 g/mol. The summed E-state index contributed by atoms with van der Waals surface area (Å²) < 4.78 is 1.13. The lowest BCUT2D eigenvalue weighted by Crippen LogP contribution is -2.16. The summed E-state index contributed by atoms with van der Waals surface area (Å²) >= 11 is 5.31. The maximum absolute atomic E-state index is 5.88. The fourth-order valence-corrected chi connectivity index (χ4v) is 3.62. The van der Waals surface area contributed by atoms with Gasteiger partial charge in [0.15, 0.2) is 5.13 Å². The maximum Gasteiger partial charge on any atom is 0.185 e. The highest BCUT2D eigenvalue weighted by molar-refractivity contribution is 9.10. The number of benzene rings is 1. The average molecular weight is 368 g/mol. The van der Waals surface area contributed by atoms with Gasteiger partial charge >= 0.3 is 0 Å². The predicted octanol–water partition coefficient (Wildman–Crippen LogP) is 4.51. The van der Waals surface area contributed by atoms with Gasteiger partial charge < -0.3 is 10.6 Å². The quantitative estimate of drug-likeness (QED) is 0.816. The van der Waals surface area contributed by atoms with Gasteiger partial charge in [0.05, 0.1) is 5.69 Å². The molecule has 21 heavy (non-hydrogen) atoms. The number of hydrogen-bond acceptors (Lipinski definition) is 4. The number of aromatic nitrogens is 1. The van der Waals surface area contributed by atoms with E-state index in [1.54, 1.807) is 11.3 Å². The van der Waals surface area contributed by atoms with Gasteiger partial charge in [-0.15, -0.1) is 11.3 Å². The molecule has 0 saturated carbocycles. The van der Waals surface area contributed by atoms with Crippen LogP contribution < -0.4 is 10.6 Å². The summed E-state index contributed by atoms with van der Waals surface area (Å²) in [6.45, 7) is 5.81. The number of nitrogens with zero attached hydrogens (tertiary/aromatic N) is 2. The molecule has 0 fully saturated rings. The first-order chi connectivity index (χ1) is 10.1. The van der Waals surface area contributed by atoms with Crippen LogP contribution in [0.15, 0.2) is 28.7 Å². The first kappa shape index (κ1) is 16.5. The molecule has 0 saturated heterocycles. The highest BCUT2D eigenvalue weighted by Crippen LogP contribution is 2.32. The molecule has 1 atom stereocenters. The third-order valence-corrected chi connectivity index (χ3v) is 5.65. The Bertz CT molecular complexity index is 597. The van der Waals surface area contributed by atoms with Crippen molar-refractivity contribution >= 4 is 32.4 Å². The van der Waals surface area contributed by atoms with Crippen molar-refractivity contribution in [2.75, 3.05) is 11.9 Å². The number of hydrogen-bond donors (Lipinski definition) is 1. The summed E-state index contributed by atoms with van der Waals surface area (Å²) in [7, 11) is 2.08. The summed E-state index contributed by atoms with van der Waals surface area (Å²) in [5.41, 5.74) is 8.30. The van der Waals surface area contributed by atoms with Crippen molar-refractivity contribution in [3.05, 3.63) is 44.9 Å². The minimum atomic E-state index is 0.463. The van der Waals surface area contributed by atoms with E-state index in [0.29, 0.717) is 12.5 Å². The molecule has 1 unspecified atom stereocenters. The Hall–Kier alpha value is -0.910. The van der Waals surface area contributed by atoms with Crippen LogP contribution in [0.25, 0.3) is 0 Å². The van der Waals surface area contributed by atoms with Crippen molar-refractivity contribution in [1.29, 1.82) is 0 Å². The third kappa shape index (κ3) is 3.84. The van der Waals surface area contributed by atoms with Crippen molar-refractivity contribution in [3.8, 4) is 0 Å². The van der Waals surface area contributed by atoms with Gasteiger partial charge in [-0.3, -0.25) is 0 Å². The Morgan fingerprint density at radius 1 is 1.38 bits per heavy atom. The first-order valence-corrected chi connectivity index (χ1v) is 8.82. The van der Waals surface area contributed by atoms with Gasteiger partial charge in [-0.25, -0.2) is 4.98 Å². The minimum absolute atomic E-state index is 0.463. The Kier molecular flexibility index (Phi) is 5.79. The maximum atomic E-state index is 5.88. The fourth-order valence-electron chi connectivity index (χ4n) is 2.19. The Labute approximate surface area is 139 Å². The molecule has 114 valence electrons.